The summed E-state index contributed by atoms with van der Waals surface area (Å²) >= 11 is 0. The highest BCUT2D eigenvalue weighted by Crippen LogP contribution is 2.27. The molecule has 2 aromatic rings. The molecule has 6 heteroatoms. The average molecular weight is 394 g/mol. The molecule has 0 bridgehead atoms. The van der Waals surface area contributed by atoms with E-state index in [9.17, 15) is 14.4 Å². The second-order valence-electron chi connectivity index (χ2n) is 7.23. The number of benzene rings is 2. The molecule has 0 spiro atoms. The van der Waals surface area contributed by atoms with Crippen molar-refractivity contribution in [2.75, 3.05) is 16.8 Å². The number of para-hydroxylation sites is 1. The second kappa shape index (κ2) is 9.87. The standard InChI is InChI=1S/C23H26N2O4/c1-17(26)24-19-10-8-9-18(15-19)23(28)29-16-22(27)25(20-11-4-2-5-12-20)21-13-6-3-7-14-21/h2,4-5,8-12,15,21H,3,6-7,13-14,16H2,1H3,(H,24,26). The largest absolute Gasteiger partial charge is 0.452 e. The van der Waals surface area contributed by atoms with Gasteiger partial charge in [0, 0.05) is 24.3 Å². The van der Waals surface area contributed by atoms with Crippen molar-refractivity contribution in [2.24, 2.45) is 0 Å². The Morgan fingerprint density at radius 3 is 2.41 bits per heavy atom. The Morgan fingerprint density at radius 1 is 1.00 bits per heavy atom. The lowest BCUT2D eigenvalue weighted by Gasteiger charge is -2.34. The van der Waals surface area contributed by atoms with Crippen molar-refractivity contribution in [3.8, 4) is 0 Å². The van der Waals surface area contributed by atoms with Crippen molar-refractivity contribution in [3.05, 3.63) is 60.2 Å². The smallest absolute Gasteiger partial charge is 0.338 e. The van der Waals surface area contributed by atoms with Gasteiger partial charge < -0.3 is 15.0 Å². The molecule has 1 saturated carbocycles. The van der Waals surface area contributed by atoms with Crippen LogP contribution in [0.25, 0.3) is 0 Å². The molecule has 6 nitrogen and oxygen atoms in total. The SMILES string of the molecule is CC(=O)Nc1cccc(C(=O)OCC(=O)N(c2ccccc2)C2CCCCC2)c1. The number of amides is 2. The zero-order valence-corrected chi connectivity index (χ0v) is 16.6. The van der Waals surface area contributed by atoms with E-state index in [2.05, 4.69) is 5.32 Å². The lowest BCUT2D eigenvalue weighted by atomic mass is 9.93. The number of ether oxygens (including phenoxy) is 1. The maximum absolute atomic E-state index is 13.0. The van der Waals surface area contributed by atoms with Crippen LogP contribution >= 0.6 is 0 Å². The second-order valence-corrected chi connectivity index (χ2v) is 7.23. The van der Waals surface area contributed by atoms with Gasteiger partial charge in [0.05, 0.1) is 5.56 Å². The summed E-state index contributed by atoms with van der Waals surface area (Å²) in [5.74, 6) is -1.05. The van der Waals surface area contributed by atoms with Gasteiger partial charge >= 0.3 is 5.97 Å². The number of hydrogen-bond acceptors (Lipinski definition) is 4. The molecule has 0 heterocycles. The summed E-state index contributed by atoms with van der Waals surface area (Å²) in [6.45, 7) is 1.07. The van der Waals surface area contributed by atoms with Crippen LogP contribution in [-0.2, 0) is 14.3 Å². The Bertz CT molecular complexity index is 860. The van der Waals surface area contributed by atoms with Gasteiger partial charge in [-0.05, 0) is 43.2 Å². The molecular weight excluding hydrogens is 368 g/mol. The van der Waals surface area contributed by atoms with E-state index in [1.807, 2.05) is 30.3 Å². The first-order chi connectivity index (χ1) is 14.0. The molecule has 0 atom stereocenters. The Kier molecular flexibility index (Phi) is 7.00. The highest BCUT2D eigenvalue weighted by molar-refractivity contribution is 5.98. The molecule has 1 fully saturated rings. The van der Waals surface area contributed by atoms with Gasteiger partial charge in [0.1, 0.15) is 0 Å². The zero-order chi connectivity index (χ0) is 20.6. The Morgan fingerprint density at radius 2 is 1.72 bits per heavy atom. The molecule has 152 valence electrons. The van der Waals surface area contributed by atoms with Gasteiger partial charge in [-0.3, -0.25) is 9.59 Å². The number of carbonyl (C=O) groups excluding carboxylic acids is 3. The lowest BCUT2D eigenvalue weighted by Crippen LogP contribution is -2.43. The molecule has 2 aromatic carbocycles. The normalized spacial score (nSPS) is 14.1. The molecule has 1 aliphatic rings. The summed E-state index contributed by atoms with van der Waals surface area (Å²) in [5, 5.41) is 2.63. The average Bonchev–Trinajstić information content (AvgIpc) is 2.73. The van der Waals surface area contributed by atoms with Gasteiger partial charge in [0.25, 0.3) is 5.91 Å². The van der Waals surface area contributed by atoms with Crippen molar-refractivity contribution in [1.29, 1.82) is 0 Å². The first kappa shape index (κ1) is 20.6. The fourth-order valence-corrected chi connectivity index (χ4v) is 3.69. The van der Waals surface area contributed by atoms with Crippen LogP contribution in [-0.4, -0.2) is 30.4 Å². The van der Waals surface area contributed by atoms with Crippen LogP contribution < -0.4 is 10.2 Å². The number of anilines is 2. The van der Waals surface area contributed by atoms with Crippen LogP contribution in [0.4, 0.5) is 11.4 Å². The van der Waals surface area contributed by atoms with Crippen LogP contribution in [0, 0.1) is 0 Å². The van der Waals surface area contributed by atoms with Crippen molar-refractivity contribution in [2.45, 2.75) is 45.1 Å². The first-order valence-corrected chi connectivity index (χ1v) is 9.96. The molecule has 3 rings (SSSR count). The highest BCUT2D eigenvalue weighted by atomic mass is 16.5. The molecule has 0 aliphatic heterocycles. The number of rotatable bonds is 6. The third kappa shape index (κ3) is 5.67. The quantitative estimate of drug-likeness (QED) is 0.746. The van der Waals surface area contributed by atoms with E-state index in [4.69, 9.17) is 4.74 Å². The predicted octanol–water partition coefficient (Wildman–Crippen LogP) is 4.17. The molecule has 1 N–H and O–H groups in total. The molecule has 0 radical (unpaired) electrons. The molecule has 0 unspecified atom stereocenters. The van der Waals surface area contributed by atoms with Crippen LogP contribution in [0.5, 0.6) is 0 Å². The van der Waals surface area contributed by atoms with E-state index >= 15 is 0 Å². The monoisotopic (exact) mass is 394 g/mol. The van der Waals surface area contributed by atoms with Gasteiger partial charge in [-0.15, -0.1) is 0 Å². The first-order valence-electron chi connectivity index (χ1n) is 9.96. The third-order valence-corrected chi connectivity index (χ3v) is 4.99. The number of nitrogens with one attached hydrogen (secondary N) is 1. The number of hydrogen-bond donors (Lipinski definition) is 1. The fraction of sp³-hybridized carbons (Fsp3) is 0.348. The van der Waals surface area contributed by atoms with Crippen molar-refractivity contribution in [1.82, 2.24) is 0 Å². The van der Waals surface area contributed by atoms with Crippen LogP contribution in [0.1, 0.15) is 49.4 Å². The topological polar surface area (TPSA) is 75.7 Å². The number of esters is 1. The van der Waals surface area contributed by atoms with Crippen LogP contribution in [0.15, 0.2) is 54.6 Å². The molecule has 0 saturated heterocycles. The summed E-state index contributed by atoms with van der Waals surface area (Å²) < 4.78 is 5.30. The summed E-state index contributed by atoms with van der Waals surface area (Å²) in [4.78, 5) is 38.4. The Balaban J connectivity index is 1.68. The molecule has 0 aromatic heterocycles. The van der Waals surface area contributed by atoms with E-state index in [1.165, 1.54) is 19.4 Å². The minimum Gasteiger partial charge on any atom is -0.452 e. The van der Waals surface area contributed by atoms with E-state index in [0.717, 1.165) is 31.4 Å². The highest BCUT2D eigenvalue weighted by Gasteiger charge is 2.27. The predicted molar refractivity (Wildman–Crippen MR) is 112 cm³/mol. The van der Waals surface area contributed by atoms with Crippen LogP contribution in [0.2, 0.25) is 0 Å². The maximum atomic E-state index is 13.0. The van der Waals surface area contributed by atoms with Gasteiger partial charge in [-0.1, -0.05) is 43.5 Å². The minimum atomic E-state index is -0.595. The number of carbonyl (C=O) groups is 3. The van der Waals surface area contributed by atoms with Crippen LogP contribution in [0.3, 0.4) is 0 Å². The van der Waals surface area contributed by atoms with Gasteiger partial charge in [-0.2, -0.15) is 0 Å². The van der Waals surface area contributed by atoms with E-state index in [0.29, 0.717) is 5.69 Å². The molecular formula is C23H26N2O4. The molecule has 2 amide bonds. The fourth-order valence-electron chi connectivity index (χ4n) is 3.69. The summed E-state index contributed by atoms with van der Waals surface area (Å²) in [5.41, 5.74) is 1.62. The summed E-state index contributed by atoms with van der Waals surface area (Å²) in [6, 6.07) is 16.1. The van der Waals surface area contributed by atoms with E-state index in [-0.39, 0.29) is 30.0 Å². The van der Waals surface area contributed by atoms with Crippen molar-refractivity contribution >= 4 is 29.2 Å². The third-order valence-electron chi connectivity index (χ3n) is 4.99. The lowest BCUT2D eigenvalue weighted by molar-refractivity contribution is -0.122. The Hall–Kier alpha value is -3.15. The summed E-state index contributed by atoms with van der Waals surface area (Å²) in [6.07, 6.45) is 5.28. The van der Waals surface area contributed by atoms with E-state index in [1.54, 1.807) is 23.1 Å². The zero-order valence-electron chi connectivity index (χ0n) is 16.6. The van der Waals surface area contributed by atoms with Crippen molar-refractivity contribution < 1.29 is 19.1 Å². The Labute approximate surface area is 170 Å². The molecule has 29 heavy (non-hydrogen) atoms. The van der Waals surface area contributed by atoms with Gasteiger partial charge in [0.15, 0.2) is 6.61 Å². The van der Waals surface area contributed by atoms with Gasteiger partial charge in [0.2, 0.25) is 5.91 Å². The number of nitrogens with zero attached hydrogens (tertiary/aromatic N) is 1. The van der Waals surface area contributed by atoms with E-state index < -0.39 is 5.97 Å². The minimum absolute atomic E-state index is 0.125. The molecule has 1 aliphatic carbocycles. The van der Waals surface area contributed by atoms with Gasteiger partial charge in [-0.25, -0.2) is 4.79 Å². The van der Waals surface area contributed by atoms with Crippen molar-refractivity contribution in [3.63, 3.8) is 0 Å². The summed E-state index contributed by atoms with van der Waals surface area (Å²) in [7, 11) is 0. The maximum Gasteiger partial charge on any atom is 0.338 e.